The van der Waals surface area contributed by atoms with E-state index in [1.54, 1.807) is 23.1 Å². The number of amides is 3. The number of H-pyrrole nitrogens is 1. The summed E-state index contributed by atoms with van der Waals surface area (Å²) >= 11 is 6.37. The van der Waals surface area contributed by atoms with Crippen LogP contribution in [-0.4, -0.2) is 77.4 Å². The monoisotopic (exact) mass is 544 g/mol. The lowest BCUT2D eigenvalue weighted by molar-refractivity contribution is -0.132. The van der Waals surface area contributed by atoms with E-state index in [9.17, 15) is 24.3 Å². The summed E-state index contributed by atoms with van der Waals surface area (Å²) in [4.78, 5) is 56.7. The molecule has 38 heavy (non-hydrogen) atoms. The summed E-state index contributed by atoms with van der Waals surface area (Å²) in [6.45, 7) is 0.336. The zero-order chi connectivity index (χ0) is 27.0. The zero-order valence-corrected chi connectivity index (χ0v) is 22.1. The first-order valence-corrected chi connectivity index (χ1v) is 13.6. The molecule has 0 unspecified atom stereocenters. The fourth-order valence-electron chi connectivity index (χ4n) is 6.42. The highest BCUT2D eigenvalue weighted by molar-refractivity contribution is 6.35. The number of hydrogen-bond donors (Lipinski definition) is 4. The number of likely N-dealkylation sites (tertiary alicyclic amines) is 1. The largest absolute Gasteiger partial charge is 0.495 e. The summed E-state index contributed by atoms with van der Waals surface area (Å²) in [6, 6.07) is 3.45. The van der Waals surface area contributed by atoms with Crippen LogP contribution in [-0.2, 0) is 14.4 Å². The number of carbonyl (C=O) groups is 4. The second kappa shape index (κ2) is 10.9. The van der Waals surface area contributed by atoms with Gasteiger partial charge in [0.15, 0.2) is 5.78 Å². The molecular formula is C27H33ClN4O6. The van der Waals surface area contributed by atoms with E-state index in [0.29, 0.717) is 53.3 Å². The van der Waals surface area contributed by atoms with Gasteiger partial charge in [-0.2, -0.15) is 0 Å². The van der Waals surface area contributed by atoms with E-state index in [1.165, 1.54) is 7.11 Å². The second-order valence-corrected chi connectivity index (χ2v) is 10.9. The summed E-state index contributed by atoms with van der Waals surface area (Å²) in [5.41, 5.74) is 0.910. The Bertz CT molecular complexity index is 1260. The van der Waals surface area contributed by atoms with E-state index in [1.807, 2.05) is 0 Å². The highest BCUT2D eigenvalue weighted by Gasteiger charge is 2.50. The first-order chi connectivity index (χ1) is 18.3. The summed E-state index contributed by atoms with van der Waals surface area (Å²) in [5.74, 6) is -0.745. The molecule has 1 aliphatic carbocycles. The number of Topliss-reactive ketones (excluding diaryl/α,β-unsaturated/α-hetero) is 1. The van der Waals surface area contributed by atoms with Crippen LogP contribution in [0.3, 0.4) is 0 Å². The molecule has 10 nitrogen and oxygen atoms in total. The molecule has 5 atom stereocenters. The average molecular weight is 545 g/mol. The average Bonchev–Trinajstić information content (AvgIpc) is 3.69. The SMILES string of the molecule is COc1ccc(Cl)c2cc(C(=O)N3C[C@@H]4CCC[C@@H]4[C@H]3C(=O)N[C@@H](CC[C@@H]3CCNC3=O)C(=O)CO)[nH]c12. The molecule has 4 N–H and O–H groups in total. The number of aromatic nitrogens is 1. The van der Waals surface area contributed by atoms with Crippen LogP contribution in [0.15, 0.2) is 18.2 Å². The molecule has 1 saturated carbocycles. The van der Waals surface area contributed by atoms with Gasteiger partial charge in [-0.3, -0.25) is 19.2 Å². The molecule has 2 saturated heterocycles. The molecule has 11 heteroatoms. The number of carbonyl (C=O) groups excluding carboxylic acids is 4. The molecule has 0 bridgehead atoms. The number of benzene rings is 1. The predicted molar refractivity (Wildman–Crippen MR) is 140 cm³/mol. The quantitative estimate of drug-likeness (QED) is 0.381. The molecule has 1 aromatic carbocycles. The van der Waals surface area contributed by atoms with Crippen LogP contribution in [0, 0.1) is 17.8 Å². The number of nitrogens with zero attached hydrogens (tertiary/aromatic N) is 1. The number of aromatic amines is 1. The minimum atomic E-state index is -0.922. The van der Waals surface area contributed by atoms with Crippen molar-refractivity contribution in [3.8, 4) is 5.75 Å². The summed E-state index contributed by atoms with van der Waals surface area (Å²) in [5, 5.41) is 16.3. The molecule has 2 aromatic rings. The maximum absolute atomic E-state index is 13.8. The third kappa shape index (κ3) is 4.87. The molecule has 0 spiro atoms. The number of halogens is 1. The lowest BCUT2D eigenvalue weighted by Gasteiger charge is -2.28. The van der Waals surface area contributed by atoms with Gasteiger partial charge < -0.3 is 30.4 Å². The van der Waals surface area contributed by atoms with Crippen LogP contribution in [0.5, 0.6) is 5.75 Å². The van der Waals surface area contributed by atoms with Gasteiger partial charge in [0.1, 0.15) is 24.1 Å². The Morgan fingerprint density at radius 1 is 1.26 bits per heavy atom. The first-order valence-electron chi connectivity index (χ1n) is 13.2. The first kappa shape index (κ1) is 26.5. The third-order valence-electron chi connectivity index (χ3n) is 8.40. The molecule has 3 fully saturated rings. The molecule has 3 heterocycles. The smallest absolute Gasteiger partial charge is 0.271 e. The minimum absolute atomic E-state index is 0.00746. The van der Waals surface area contributed by atoms with Gasteiger partial charge in [-0.05, 0) is 62.1 Å². The van der Waals surface area contributed by atoms with E-state index in [4.69, 9.17) is 16.3 Å². The van der Waals surface area contributed by atoms with Crippen LogP contribution in [0.1, 0.15) is 49.0 Å². The van der Waals surface area contributed by atoms with E-state index < -0.39 is 30.4 Å². The summed E-state index contributed by atoms with van der Waals surface area (Å²) in [6.07, 6.45) is 4.09. The zero-order valence-electron chi connectivity index (χ0n) is 21.3. The predicted octanol–water partition coefficient (Wildman–Crippen LogP) is 2.03. The summed E-state index contributed by atoms with van der Waals surface area (Å²) < 4.78 is 5.41. The van der Waals surface area contributed by atoms with Crippen LogP contribution in [0.2, 0.25) is 5.02 Å². The Kier molecular flexibility index (Phi) is 7.63. The van der Waals surface area contributed by atoms with Crippen LogP contribution >= 0.6 is 11.6 Å². The fourth-order valence-corrected chi connectivity index (χ4v) is 6.63. The molecule has 0 radical (unpaired) electrons. The Morgan fingerprint density at radius 3 is 2.79 bits per heavy atom. The van der Waals surface area contributed by atoms with Gasteiger partial charge in [0.2, 0.25) is 11.8 Å². The normalized spacial score (nSPS) is 25.3. The Morgan fingerprint density at radius 2 is 2.08 bits per heavy atom. The standard InChI is InChI=1S/C27H33ClN4O6/c1-38-22-8-6-18(28)17-11-20(30-23(17)22)27(37)32-12-15-3-2-4-16(15)24(32)26(36)31-19(21(34)13-33)7-5-14-9-10-29-25(14)35/h6,8,11,14-16,19,24,30,33H,2-5,7,9-10,12-13H2,1H3,(H,29,35)(H,31,36)/t14-,15+,16+,19+,24+/m1/s1. The van der Waals surface area contributed by atoms with Crippen LogP contribution < -0.4 is 15.4 Å². The maximum Gasteiger partial charge on any atom is 0.271 e. The van der Waals surface area contributed by atoms with E-state index in [2.05, 4.69) is 15.6 Å². The van der Waals surface area contributed by atoms with Crippen molar-refractivity contribution < 1.29 is 29.0 Å². The van der Waals surface area contributed by atoms with E-state index in [-0.39, 0.29) is 36.0 Å². The Hall–Kier alpha value is -3.11. The number of fused-ring (bicyclic) bond motifs is 2. The van der Waals surface area contributed by atoms with Gasteiger partial charge in [-0.25, -0.2) is 0 Å². The number of rotatable bonds is 9. The number of aliphatic hydroxyl groups is 1. The molecule has 204 valence electrons. The van der Waals surface area contributed by atoms with Gasteiger partial charge in [-0.1, -0.05) is 18.0 Å². The molecule has 5 rings (SSSR count). The minimum Gasteiger partial charge on any atom is -0.495 e. The third-order valence-corrected chi connectivity index (χ3v) is 8.73. The lowest BCUT2D eigenvalue weighted by Crippen LogP contribution is -2.53. The van der Waals surface area contributed by atoms with Crippen molar-refractivity contribution >= 4 is 46.0 Å². The number of aliphatic hydroxyl groups excluding tert-OH is 1. The van der Waals surface area contributed by atoms with Crippen molar-refractivity contribution in [1.82, 2.24) is 20.5 Å². The number of hydrogen-bond acceptors (Lipinski definition) is 6. The van der Waals surface area contributed by atoms with Gasteiger partial charge >= 0.3 is 0 Å². The molecule has 3 aliphatic rings. The molecule has 3 amide bonds. The lowest BCUT2D eigenvalue weighted by atomic mass is 9.92. The van der Waals surface area contributed by atoms with E-state index >= 15 is 0 Å². The Balaban J connectivity index is 1.37. The van der Waals surface area contributed by atoms with Crippen molar-refractivity contribution in [2.45, 2.75) is 50.6 Å². The van der Waals surface area contributed by atoms with Gasteiger partial charge in [0.25, 0.3) is 5.91 Å². The van der Waals surface area contributed by atoms with Crippen molar-refractivity contribution in [3.63, 3.8) is 0 Å². The number of ketones is 1. The second-order valence-electron chi connectivity index (χ2n) is 10.5. The molecular weight excluding hydrogens is 512 g/mol. The fraction of sp³-hybridized carbons (Fsp3) is 0.556. The van der Waals surface area contributed by atoms with Gasteiger partial charge in [-0.15, -0.1) is 0 Å². The summed E-state index contributed by atoms with van der Waals surface area (Å²) in [7, 11) is 1.54. The van der Waals surface area contributed by atoms with Crippen molar-refractivity contribution in [1.29, 1.82) is 0 Å². The Labute approximate surface area is 225 Å². The van der Waals surface area contributed by atoms with Crippen LogP contribution in [0.4, 0.5) is 0 Å². The molecule has 2 aliphatic heterocycles. The highest BCUT2D eigenvalue weighted by atomic mass is 35.5. The van der Waals surface area contributed by atoms with Gasteiger partial charge in [0.05, 0.1) is 23.7 Å². The topological polar surface area (TPSA) is 141 Å². The van der Waals surface area contributed by atoms with Crippen molar-refractivity contribution in [3.05, 3.63) is 28.9 Å². The van der Waals surface area contributed by atoms with E-state index in [0.717, 1.165) is 19.3 Å². The number of nitrogens with one attached hydrogen (secondary N) is 3. The number of ether oxygens (including phenoxy) is 1. The highest BCUT2D eigenvalue weighted by Crippen LogP contribution is 2.43. The maximum atomic E-state index is 13.8. The van der Waals surface area contributed by atoms with Gasteiger partial charge in [0, 0.05) is 24.4 Å². The molecule has 1 aromatic heterocycles. The van der Waals surface area contributed by atoms with Crippen LogP contribution in [0.25, 0.3) is 10.9 Å². The van der Waals surface area contributed by atoms with Crippen molar-refractivity contribution in [2.75, 3.05) is 26.8 Å². The number of methoxy groups -OCH3 is 1. The van der Waals surface area contributed by atoms with Crippen molar-refractivity contribution in [2.24, 2.45) is 17.8 Å².